The van der Waals surface area contributed by atoms with Gasteiger partial charge in [0.15, 0.2) is 5.60 Å². The van der Waals surface area contributed by atoms with E-state index in [9.17, 15) is 0 Å². The Kier molecular flexibility index (Phi) is 6.29. The Balaban J connectivity index is 1.66. The Labute approximate surface area is 252 Å². The molecule has 4 aromatic carbocycles. The Bertz CT molecular complexity index is 1800. The lowest BCUT2D eigenvalue weighted by molar-refractivity contribution is 0.0536. The van der Waals surface area contributed by atoms with Crippen LogP contribution in [0.15, 0.2) is 78.1 Å². The molecule has 216 valence electrons. The molecular formula is C41H46O. The molecule has 0 saturated carbocycles. The number of allylic oxidation sites excluding steroid dienone is 3. The van der Waals surface area contributed by atoms with Crippen molar-refractivity contribution < 1.29 is 4.74 Å². The van der Waals surface area contributed by atoms with Gasteiger partial charge in [0.25, 0.3) is 0 Å². The van der Waals surface area contributed by atoms with Gasteiger partial charge in [-0.3, -0.25) is 0 Å². The van der Waals surface area contributed by atoms with Gasteiger partial charge in [0.05, 0.1) is 0 Å². The normalized spacial score (nSPS) is 19.8. The quantitative estimate of drug-likeness (QED) is 0.221. The van der Waals surface area contributed by atoms with Crippen LogP contribution in [0.3, 0.4) is 0 Å². The van der Waals surface area contributed by atoms with E-state index < -0.39 is 5.60 Å². The van der Waals surface area contributed by atoms with Crippen molar-refractivity contribution in [2.75, 3.05) is 0 Å². The monoisotopic (exact) mass is 554 g/mol. The van der Waals surface area contributed by atoms with Crippen LogP contribution in [0.1, 0.15) is 115 Å². The molecule has 4 aromatic rings. The molecule has 0 fully saturated rings. The fourth-order valence-electron chi connectivity index (χ4n) is 8.56. The Morgan fingerprint density at radius 3 is 2.12 bits per heavy atom. The third-order valence-corrected chi connectivity index (χ3v) is 11.0. The maximum atomic E-state index is 7.49. The summed E-state index contributed by atoms with van der Waals surface area (Å²) in [4.78, 5) is 0. The summed E-state index contributed by atoms with van der Waals surface area (Å²) in [6, 6.07) is 21.4. The smallest absolute Gasteiger partial charge is 0.179 e. The van der Waals surface area contributed by atoms with Crippen molar-refractivity contribution in [1.82, 2.24) is 0 Å². The highest BCUT2D eigenvalue weighted by Crippen LogP contribution is 2.63. The second-order valence-corrected chi connectivity index (χ2v) is 13.9. The van der Waals surface area contributed by atoms with Gasteiger partial charge in [0, 0.05) is 22.5 Å². The lowest BCUT2D eigenvalue weighted by Gasteiger charge is -2.39. The number of hydrogen-bond acceptors (Lipinski definition) is 1. The van der Waals surface area contributed by atoms with E-state index in [-0.39, 0.29) is 5.41 Å². The number of benzene rings is 4. The van der Waals surface area contributed by atoms with Crippen LogP contribution in [0.4, 0.5) is 0 Å². The van der Waals surface area contributed by atoms with E-state index in [1.807, 2.05) is 0 Å². The SMILES string of the molecule is CCC(CC)C1=CC2(OC(C(CC)CC)=C1)c1cc3ccc(C(C)C)cc3c3c1-c1c2ccc2cccc(c12)C3(C)C. The van der Waals surface area contributed by atoms with Gasteiger partial charge in [0.2, 0.25) is 0 Å². The maximum absolute atomic E-state index is 7.49. The summed E-state index contributed by atoms with van der Waals surface area (Å²) in [6.45, 7) is 18.8. The average molecular weight is 555 g/mol. The third kappa shape index (κ3) is 3.55. The highest BCUT2D eigenvalue weighted by atomic mass is 16.5. The molecule has 0 N–H and O–H groups in total. The van der Waals surface area contributed by atoms with Crippen LogP contribution in [0.5, 0.6) is 0 Å². The molecule has 1 spiro atoms. The van der Waals surface area contributed by atoms with E-state index in [1.165, 1.54) is 71.8 Å². The van der Waals surface area contributed by atoms with Crippen molar-refractivity contribution in [3.8, 4) is 11.1 Å². The van der Waals surface area contributed by atoms with Gasteiger partial charge in [-0.25, -0.2) is 0 Å². The van der Waals surface area contributed by atoms with Crippen LogP contribution in [0.25, 0.3) is 32.7 Å². The van der Waals surface area contributed by atoms with E-state index in [2.05, 4.69) is 122 Å². The molecule has 0 aromatic heterocycles. The van der Waals surface area contributed by atoms with Crippen LogP contribution in [-0.4, -0.2) is 0 Å². The molecule has 1 atom stereocenters. The molecule has 42 heavy (non-hydrogen) atoms. The molecular weight excluding hydrogens is 508 g/mol. The predicted molar refractivity (Wildman–Crippen MR) is 179 cm³/mol. The molecule has 1 nitrogen and oxygen atoms in total. The zero-order valence-corrected chi connectivity index (χ0v) is 26.8. The van der Waals surface area contributed by atoms with Crippen LogP contribution in [0, 0.1) is 11.8 Å². The van der Waals surface area contributed by atoms with Gasteiger partial charge in [-0.15, -0.1) is 0 Å². The molecule has 7 rings (SSSR count). The molecule has 0 amide bonds. The Morgan fingerprint density at radius 1 is 0.714 bits per heavy atom. The molecule has 2 aliphatic carbocycles. The standard InChI is InChI=1S/C41H46O/c1-9-25(10-2)30-22-35(26(11-3)12-4)42-41(23-30)33-19-18-27-14-13-15-32-36(27)37(33)38-34(41)21-29-17-16-28(24(5)6)20-31(29)39(38)40(32,7)8/h13-26H,9-12H2,1-8H3. The summed E-state index contributed by atoms with van der Waals surface area (Å²) in [7, 11) is 0. The number of hydrogen-bond donors (Lipinski definition) is 0. The first-order valence-corrected chi connectivity index (χ1v) is 16.5. The minimum Gasteiger partial charge on any atom is -0.478 e. The highest BCUT2D eigenvalue weighted by molar-refractivity contribution is 6.12. The minimum atomic E-state index is -0.614. The van der Waals surface area contributed by atoms with Gasteiger partial charge >= 0.3 is 0 Å². The predicted octanol–water partition coefficient (Wildman–Crippen LogP) is 11.7. The lowest BCUT2D eigenvalue weighted by atomic mass is 9.67. The van der Waals surface area contributed by atoms with E-state index in [1.54, 1.807) is 0 Å². The minimum absolute atomic E-state index is 0.138. The third-order valence-electron chi connectivity index (χ3n) is 11.0. The van der Waals surface area contributed by atoms with Gasteiger partial charge in [-0.2, -0.15) is 0 Å². The van der Waals surface area contributed by atoms with Crippen molar-refractivity contribution in [2.24, 2.45) is 11.8 Å². The molecule has 0 bridgehead atoms. The van der Waals surface area contributed by atoms with Gasteiger partial charge in [-0.1, -0.05) is 104 Å². The van der Waals surface area contributed by atoms with Crippen molar-refractivity contribution in [3.05, 3.63) is 106 Å². The fourth-order valence-corrected chi connectivity index (χ4v) is 8.56. The van der Waals surface area contributed by atoms with Crippen LogP contribution in [-0.2, 0) is 15.8 Å². The maximum Gasteiger partial charge on any atom is 0.179 e. The molecule has 0 saturated heterocycles. The zero-order valence-electron chi connectivity index (χ0n) is 26.8. The molecule has 1 heteroatoms. The number of rotatable bonds is 7. The molecule has 3 aliphatic rings. The van der Waals surface area contributed by atoms with Crippen LogP contribution < -0.4 is 0 Å². The number of ether oxygens (including phenoxy) is 1. The Hall–Kier alpha value is -3.32. The van der Waals surface area contributed by atoms with Gasteiger partial charge in [0.1, 0.15) is 5.76 Å². The Morgan fingerprint density at radius 2 is 1.43 bits per heavy atom. The molecule has 1 unspecified atom stereocenters. The second-order valence-electron chi connectivity index (χ2n) is 13.9. The summed E-state index contributed by atoms with van der Waals surface area (Å²) < 4.78 is 7.49. The van der Waals surface area contributed by atoms with E-state index in [0.29, 0.717) is 17.8 Å². The molecule has 1 heterocycles. The lowest BCUT2D eigenvalue weighted by Crippen LogP contribution is -2.32. The van der Waals surface area contributed by atoms with E-state index in [0.717, 1.165) is 25.7 Å². The summed E-state index contributed by atoms with van der Waals surface area (Å²) in [6.07, 6.45) is 9.41. The summed E-state index contributed by atoms with van der Waals surface area (Å²) in [5.41, 5.74) is 10.5. The van der Waals surface area contributed by atoms with Crippen LogP contribution in [0.2, 0.25) is 0 Å². The largest absolute Gasteiger partial charge is 0.478 e. The van der Waals surface area contributed by atoms with E-state index >= 15 is 0 Å². The zero-order chi connectivity index (χ0) is 29.6. The van der Waals surface area contributed by atoms with Crippen molar-refractivity contribution >= 4 is 21.5 Å². The average Bonchev–Trinajstić information content (AvgIpc) is 3.24. The summed E-state index contributed by atoms with van der Waals surface area (Å²) >= 11 is 0. The first-order valence-electron chi connectivity index (χ1n) is 16.5. The second kappa shape index (κ2) is 9.60. The van der Waals surface area contributed by atoms with Crippen molar-refractivity contribution in [1.29, 1.82) is 0 Å². The van der Waals surface area contributed by atoms with Crippen molar-refractivity contribution in [3.63, 3.8) is 0 Å². The number of fused-ring (bicyclic) bond motifs is 4. The van der Waals surface area contributed by atoms with Gasteiger partial charge in [-0.05, 0) is 111 Å². The molecule has 1 aliphatic heterocycles. The van der Waals surface area contributed by atoms with E-state index in [4.69, 9.17) is 4.74 Å². The highest BCUT2D eigenvalue weighted by Gasteiger charge is 2.52. The first kappa shape index (κ1) is 27.5. The van der Waals surface area contributed by atoms with Gasteiger partial charge < -0.3 is 4.74 Å². The van der Waals surface area contributed by atoms with Crippen molar-refractivity contribution in [2.45, 2.75) is 98.0 Å². The van der Waals surface area contributed by atoms with Crippen LogP contribution >= 0.6 is 0 Å². The fraction of sp³-hybridized carbons (Fsp3) is 0.415. The summed E-state index contributed by atoms with van der Waals surface area (Å²) in [5, 5.41) is 5.48. The topological polar surface area (TPSA) is 9.23 Å². The summed E-state index contributed by atoms with van der Waals surface area (Å²) in [5.74, 6) is 2.60. The first-order chi connectivity index (χ1) is 20.2. The molecule has 0 radical (unpaired) electrons.